The third kappa shape index (κ3) is 2.16. The van der Waals surface area contributed by atoms with Gasteiger partial charge in [0, 0.05) is 11.3 Å². The smallest absolute Gasteiger partial charge is 0.315 e. The number of methoxy groups -OCH3 is 1. The van der Waals surface area contributed by atoms with Crippen molar-refractivity contribution in [3.05, 3.63) is 23.8 Å². The van der Waals surface area contributed by atoms with Crippen LogP contribution in [0.3, 0.4) is 0 Å². The maximum absolute atomic E-state index is 13.2. The number of carbonyl (C=O) groups is 2. The molecule has 3 aliphatic carbocycles. The Balaban J connectivity index is 2.07. The molecule has 0 unspecified atom stereocenters. The second kappa shape index (κ2) is 5.57. The van der Waals surface area contributed by atoms with E-state index in [0.29, 0.717) is 5.78 Å². The third-order valence-electron chi connectivity index (χ3n) is 7.40. The highest BCUT2D eigenvalue weighted by atomic mass is 16.5. The summed E-state index contributed by atoms with van der Waals surface area (Å²) in [6.07, 6.45) is 8.28. The SMILES string of the molecule is C=C[C@@]1(C)CC[C@@]2(C)C3=C(CC[C@H]2C1=O)[C@](C)(C(=O)OC)CCC3. The molecule has 0 bridgehead atoms. The Kier molecular flexibility index (Phi) is 4.05. The summed E-state index contributed by atoms with van der Waals surface area (Å²) in [5.41, 5.74) is 1.68. The van der Waals surface area contributed by atoms with Gasteiger partial charge in [-0.05, 0) is 64.2 Å². The van der Waals surface area contributed by atoms with Crippen molar-refractivity contribution in [3.63, 3.8) is 0 Å². The molecule has 0 N–H and O–H groups in total. The summed E-state index contributed by atoms with van der Waals surface area (Å²) in [4.78, 5) is 25.6. The van der Waals surface area contributed by atoms with Crippen molar-refractivity contribution in [2.24, 2.45) is 22.2 Å². The number of ketones is 1. The van der Waals surface area contributed by atoms with Gasteiger partial charge in [0.25, 0.3) is 0 Å². The number of carbonyl (C=O) groups excluding carboxylic acids is 2. The van der Waals surface area contributed by atoms with Crippen LogP contribution < -0.4 is 0 Å². The minimum Gasteiger partial charge on any atom is -0.468 e. The topological polar surface area (TPSA) is 43.4 Å². The predicted octanol–water partition coefficient (Wildman–Crippen LogP) is 4.62. The Labute approximate surface area is 145 Å². The molecule has 4 atom stereocenters. The van der Waals surface area contributed by atoms with E-state index in [9.17, 15) is 9.59 Å². The molecule has 1 fully saturated rings. The molecule has 0 heterocycles. The first-order chi connectivity index (χ1) is 11.2. The van der Waals surface area contributed by atoms with Crippen LogP contribution in [0, 0.1) is 22.2 Å². The lowest BCUT2D eigenvalue weighted by Gasteiger charge is -2.54. The maximum atomic E-state index is 13.2. The van der Waals surface area contributed by atoms with Gasteiger partial charge in [0.2, 0.25) is 0 Å². The molecule has 0 aromatic carbocycles. The average Bonchev–Trinajstić information content (AvgIpc) is 2.58. The van der Waals surface area contributed by atoms with Crippen molar-refractivity contribution in [3.8, 4) is 0 Å². The third-order valence-corrected chi connectivity index (χ3v) is 7.40. The van der Waals surface area contributed by atoms with Gasteiger partial charge in [-0.15, -0.1) is 6.58 Å². The normalized spacial score (nSPS) is 42.2. The summed E-state index contributed by atoms with van der Waals surface area (Å²) < 4.78 is 5.13. The van der Waals surface area contributed by atoms with E-state index < -0.39 is 5.41 Å². The quantitative estimate of drug-likeness (QED) is 0.548. The molecule has 0 aromatic heterocycles. The number of ether oxygens (including phenoxy) is 1. The van der Waals surface area contributed by atoms with Crippen LogP contribution in [-0.2, 0) is 14.3 Å². The summed E-state index contributed by atoms with van der Waals surface area (Å²) >= 11 is 0. The van der Waals surface area contributed by atoms with Gasteiger partial charge in [-0.3, -0.25) is 9.59 Å². The van der Waals surface area contributed by atoms with Crippen molar-refractivity contribution in [2.75, 3.05) is 7.11 Å². The molecule has 3 aliphatic rings. The molecule has 3 rings (SSSR count). The van der Waals surface area contributed by atoms with E-state index in [1.165, 1.54) is 18.3 Å². The molecule has 0 spiro atoms. The van der Waals surface area contributed by atoms with Crippen LogP contribution in [0.15, 0.2) is 23.8 Å². The number of fused-ring (bicyclic) bond motifs is 2. The minimum atomic E-state index is -0.501. The molecule has 1 saturated carbocycles. The number of hydrogen-bond acceptors (Lipinski definition) is 3. The van der Waals surface area contributed by atoms with Gasteiger partial charge in [-0.25, -0.2) is 0 Å². The lowest BCUT2D eigenvalue weighted by Crippen LogP contribution is -2.51. The van der Waals surface area contributed by atoms with Crippen LogP contribution in [0.25, 0.3) is 0 Å². The number of allylic oxidation sites excluding steroid dienone is 2. The van der Waals surface area contributed by atoms with Crippen LogP contribution in [0.5, 0.6) is 0 Å². The summed E-state index contributed by atoms with van der Waals surface area (Å²) in [7, 11) is 1.48. The van der Waals surface area contributed by atoms with E-state index in [1.807, 2.05) is 19.9 Å². The molecular weight excluding hydrogens is 300 g/mol. The summed E-state index contributed by atoms with van der Waals surface area (Å²) in [6, 6.07) is 0. The zero-order valence-electron chi connectivity index (χ0n) is 15.5. The number of rotatable bonds is 2. The van der Waals surface area contributed by atoms with Crippen molar-refractivity contribution >= 4 is 11.8 Å². The molecule has 0 aromatic rings. The number of esters is 1. The zero-order valence-corrected chi connectivity index (χ0v) is 15.5. The van der Waals surface area contributed by atoms with Crippen LogP contribution in [-0.4, -0.2) is 18.9 Å². The molecule has 3 nitrogen and oxygen atoms in total. The van der Waals surface area contributed by atoms with E-state index in [0.717, 1.165) is 44.9 Å². The minimum absolute atomic E-state index is 0.0630. The second-order valence-electron chi connectivity index (χ2n) is 8.63. The maximum Gasteiger partial charge on any atom is 0.315 e. The average molecular weight is 330 g/mol. The van der Waals surface area contributed by atoms with Gasteiger partial charge in [0.15, 0.2) is 0 Å². The highest BCUT2D eigenvalue weighted by molar-refractivity contribution is 5.91. The Morgan fingerprint density at radius 1 is 1.17 bits per heavy atom. The van der Waals surface area contributed by atoms with Crippen molar-refractivity contribution in [1.82, 2.24) is 0 Å². The van der Waals surface area contributed by atoms with E-state index in [1.54, 1.807) is 0 Å². The van der Waals surface area contributed by atoms with Crippen molar-refractivity contribution in [1.29, 1.82) is 0 Å². The molecule has 0 radical (unpaired) electrons. The largest absolute Gasteiger partial charge is 0.468 e. The van der Waals surface area contributed by atoms with Gasteiger partial charge in [-0.2, -0.15) is 0 Å². The fourth-order valence-electron chi connectivity index (χ4n) is 5.57. The van der Waals surface area contributed by atoms with Crippen LogP contribution in [0.2, 0.25) is 0 Å². The number of hydrogen-bond donors (Lipinski definition) is 0. The molecule has 132 valence electrons. The molecule has 0 amide bonds. The summed E-state index contributed by atoms with van der Waals surface area (Å²) in [5, 5.41) is 0. The summed E-state index contributed by atoms with van der Waals surface area (Å²) in [5.74, 6) is 0.297. The summed E-state index contributed by atoms with van der Waals surface area (Å²) in [6.45, 7) is 10.2. The highest BCUT2D eigenvalue weighted by Crippen LogP contribution is 2.61. The van der Waals surface area contributed by atoms with Crippen LogP contribution in [0.4, 0.5) is 0 Å². The van der Waals surface area contributed by atoms with Gasteiger partial charge in [0.05, 0.1) is 12.5 Å². The lowest BCUT2D eigenvalue weighted by molar-refractivity contribution is -0.150. The van der Waals surface area contributed by atoms with Gasteiger partial charge >= 0.3 is 5.97 Å². The Morgan fingerprint density at radius 2 is 1.88 bits per heavy atom. The van der Waals surface area contributed by atoms with Gasteiger partial charge < -0.3 is 4.74 Å². The van der Waals surface area contributed by atoms with Crippen LogP contribution in [0.1, 0.15) is 65.7 Å². The zero-order chi connectivity index (χ0) is 17.8. The monoisotopic (exact) mass is 330 g/mol. The van der Waals surface area contributed by atoms with Gasteiger partial charge in [0.1, 0.15) is 5.78 Å². The number of Topliss-reactive ketones (excluding diaryl/α,β-unsaturated/α-hetero) is 1. The first-order valence-corrected chi connectivity index (χ1v) is 9.22. The van der Waals surface area contributed by atoms with Gasteiger partial charge in [-0.1, -0.05) is 24.1 Å². The van der Waals surface area contributed by atoms with Crippen LogP contribution >= 0.6 is 0 Å². The fourth-order valence-corrected chi connectivity index (χ4v) is 5.57. The van der Waals surface area contributed by atoms with E-state index in [4.69, 9.17) is 4.74 Å². The lowest BCUT2D eigenvalue weighted by atomic mass is 9.49. The molecule has 0 aliphatic heterocycles. The van der Waals surface area contributed by atoms with E-state index >= 15 is 0 Å². The first-order valence-electron chi connectivity index (χ1n) is 9.22. The highest BCUT2D eigenvalue weighted by Gasteiger charge is 2.56. The Morgan fingerprint density at radius 3 is 2.50 bits per heavy atom. The van der Waals surface area contributed by atoms with E-state index in [-0.39, 0.29) is 22.7 Å². The van der Waals surface area contributed by atoms with Crippen molar-refractivity contribution in [2.45, 2.75) is 65.7 Å². The second-order valence-corrected chi connectivity index (χ2v) is 8.63. The van der Waals surface area contributed by atoms with Crippen molar-refractivity contribution < 1.29 is 14.3 Å². The standard InChI is InChI=1S/C21H30O3/c1-6-19(2)12-13-20(3)14-8-7-11-21(4,18(23)24-5)15(14)9-10-16(20)17(19)22/h6,16H,1,7-13H2,2-5H3/t16-,19-,20-,21+/m0/s1. The molecule has 24 heavy (non-hydrogen) atoms. The Bertz CT molecular complexity index is 631. The first kappa shape index (κ1) is 17.4. The fraction of sp³-hybridized carbons (Fsp3) is 0.714. The molecule has 0 saturated heterocycles. The predicted molar refractivity (Wildman–Crippen MR) is 94.4 cm³/mol. The van der Waals surface area contributed by atoms with E-state index in [2.05, 4.69) is 13.5 Å². The molecular formula is C21H30O3. The Hall–Kier alpha value is -1.38. The molecule has 3 heteroatoms.